The number of fused-ring (bicyclic) bond motifs is 1. The molecule has 7 heteroatoms. The molecule has 2 N–H and O–H groups in total. The smallest absolute Gasteiger partial charge is 0.226 e. The molecule has 25 heavy (non-hydrogen) atoms. The van der Waals surface area contributed by atoms with Crippen molar-refractivity contribution in [2.24, 2.45) is 7.05 Å². The first-order valence-corrected chi connectivity index (χ1v) is 9.06. The van der Waals surface area contributed by atoms with Crippen LogP contribution in [0.25, 0.3) is 11.0 Å². The van der Waals surface area contributed by atoms with E-state index in [2.05, 4.69) is 20.7 Å². The SMILES string of the molecule is Cn1ncc2c(Nc3cccc(Cl)c3)nc(NC3CCCCC3)nc21. The summed E-state index contributed by atoms with van der Waals surface area (Å²) in [6, 6.07) is 8.04. The molecule has 1 aliphatic carbocycles. The van der Waals surface area contributed by atoms with E-state index in [9.17, 15) is 0 Å². The van der Waals surface area contributed by atoms with Crippen molar-refractivity contribution < 1.29 is 0 Å². The Bertz CT molecular complexity index is 884. The van der Waals surface area contributed by atoms with Gasteiger partial charge >= 0.3 is 0 Å². The number of hydrogen-bond acceptors (Lipinski definition) is 5. The molecule has 1 fully saturated rings. The molecule has 1 aliphatic rings. The van der Waals surface area contributed by atoms with Crippen LogP contribution in [0.15, 0.2) is 30.5 Å². The van der Waals surface area contributed by atoms with Gasteiger partial charge in [0.15, 0.2) is 5.65 Å². The van der Waals surface area contributed by atoms with E-state index >= 15 is 0 Å². The molecule has 0 aliphatic heterocycles. The van der Waals surface area contributed by atoms with E-state index in [1.54, 1.807) is 10.9 Å². The Kier molecular flexibility index (Phi) is 4.44. The van der Waals surface area contributed by atoms with Crippen LogP contribution in [-0.2, 0) is 7.05 Å². The number of nitrogens with one attached hydrogen (secondary N) is 2. The van der Waals surface area contributed by atoms with Crippen LogP contribution in [-0.4, -0.2) is 25.8 Å². The largest absolute Gasteiger partial charge is 0.351 e. The molecule has 6 nitrogen and oxygen atoms in total. The molecule has 0 unspecified atom stereocenters. The van der Waals surface area contributed by atoms with E-state index in [1.165, 1.54) is 32.1 Å². The monoisotopic (exact) mass is 356 g/mol. The summed E-state index contributed by atoms with van der Waals surface area (Å²) in [7, 11) is 1.89. The number of nitrogens with zero attached hydrogens (tertiary/aromatic N) is 4. The third kappa shape index (κ3) is 3.54. The lowest BCUT2D eigenvalue weighted by Gasteiger charge is -2.23. The van der Waals surface area contributed by atoms with Gasteiger partial charge in [-0.15, -0.1) is 0 Å². The van der Waals surface area contributed by atoms with E-state index in [0.717, 1.165) is 22.5 Å². The zero-order valence-electron chi connectivity index (χ0n) is 14.2. The van der Waals surface area contributed by atoms with Gasteiger partial charge in [-0.05, 0) is 31.0 Å². The number of halogens is 1. The molecule has 130 valence electrons. The maximum absolute atomic E-state index is 6.09. The molecule has 1 aromatic carbocycles. The summed E-state index contributed by atoms with van der Waals surface area (Å²) in [5.41, 5.74) is 1.69. The predicted molar refractivity (Wildman–Crippen MR) is 102 cm³/mol. The minimum Gasteiger partial charge on any atom is -0.351 e. The number of aromatic nitrogens is 4. The first-order chi connectivity index (χ1) is 12.2. The lowest BCUT2D eigenvalue weighted by Crippen LogP contribution is -2.23. The maximum Gasteiger partial charge on any atom is 0.226 e. The number of rotatable bonds is 4. The average Bonchev–Trinajstić information content (AvgIpc) is 2.97. The number of benzene rings is 1. The van der Waals surface area contributed by atoms with Gasteiger partial charge in [-0.1, -0.05) is 36.9 Å². The van der Waals surface area contributed by atoms with Crippen LogP contribution < -0.4 is 10.6 Å². The van der Waals surface area contributed by atoms with Crippen LogP contribution in [0.3, 0.4) is 0 Å². The van der Waals surface area contributed by atoms with Crippen LogP contribution in [0.2, 0.25) is 5.02 Å². The van der Waals surface area contributed by atoms with Gasteiger partial charge in [0, 0.05) is 23.8 Å². The highest BCUT2D eigenvalue weighted by Gasteiger charge is 2.17. The van der Waals surface area contributed by atoms with Crippen molar-refractivity contribution >= 4 is 40.1 Å². The van der Waals surface area contributed by atoms with Crippen LogP contribution >= 0.6 is 11.6 Å². The Labute approximate surface area is 151 Å². The summed E-state index contributed by atoms with van der Waals surface area (Å²) in [5, 5.41) is 12.7. The molecule has 0 spiro atoms. The zero-order chi connectivity index (χ0) is 17.2. The molecule has 0 atom stereocenters. The Hall–Kier alpha value is -2.34. The Morgan fingerprint density at radius 3 is 2.80 bits per heavy atom. The summed E-state index contributed by atoms with van der Waals surface area (Å²) in [5.74, 6) is 1.38. The molecule has 0 saturated heterocycles. The average molecular weight is 357 g/mol. The first-order valence-electron chi connectivity index (χ1n) is 8.68. The molecule has 2 heterocycles. The van der Waals surface area contributed by atoms with E-state index in [4.69, 9.17) is 16.6 Å². The highest BCUT2D eigenvalue weighted by atomic mass is 35.5. The van der Waals surface area contributed by atoms with Crippen molar-refractivity contribution in [1.82, 2.24) is 19.7 Å². The summed E-state index contributed by atoms with van der Waals surface area (Å²) in [6.07, 6.45) is 7.97. The predicted octanol–water partition coefficient (Wildman–Crippen LogP) is 4.50. The number of anilines is 3. The number of aryl methyl sites for hydroxylation is 1. The minimum absolute atomic E-state index is 0.443. The Morgan fingerprint density at radius 1 is 1.16 bits per heavy atom. The fourth-order valence-corrected chi connectivity index (χ4v) is 3.50. The quantitative estimate of drug-likeness (QED) is 0.720. The zero-order valence-corrected chi connectivity index (χ0v) is 14.9. The molecule has 0 amide bonds. The van der Waals surface area contributed by atoms with Crippen molar-refractivity contribution in [2.75, 3.05) is 10.6 Å². The second-order valence-corrected chi connectivity index (χ2v) is 6.95. The Balaban J connectivity index is 1.68. The van der Waals surface area contributed by atoms with Gasteiger partial charge in [-0.2, -0.15) is 15.1 Å². The third-order valence-corrected chi connectivity index (χ3v) is 4.85. The Morgan fingerprint density at radius 2 is 2.00 bits per heavy atom. The fraction of sp³-hybridized carbons (Fsp3) is 0.389. The number of hydrogen-bond donors (Lipinski definition) is 2. The lowest BCUT2D eigenvalue weighted by molar-refractivity contribution is 0.461. The molecule has 0 bridgehead atoms. The third-order valence-electron chi connectivity index (χ3n) is 4.62. The second-order valence-electron chi connectivity index (χ2n) is 6.52. The van der Waals surface area contributed by atoms with Gasteiger partial charge in [-0.3, -0.25) is 4.68 Å². The van der Waals surface area contributed by atoms with E-state index in [0.29, 0.717) is 17.0 Å². The molecule has 2 aromatic heterocycles. The van der Waals surface area contributed by atoms with Gasteiger partial charge in [0.25, 0.3) is 0 Å². The summed E-state index contributed by atoms with van der Waals surface area (Å²) in [4.78, 5) is 9.36. The van der Waals surface area contributed by atoms with E-state index < -0.39 is 0 Å². The lowest BCUT2D eigenvalue weighted by atomic mass is 9.96. The fourth-order valence-electron chi connectivity index (χ4n) is 3.31. The van der Waals surface area contributed by atoms with Crippen molar-refractivity contribution in [3.05, 3.63) is 35.5 Å². The van der Waals surface area contributed by atoms with Gasteiger partial charge in [0.05, 0.1) is 11.6 Å². The highest BCUT2D eigenvalue weighted by molar-refractivity contribution is 6.30. The van der Waals surface area contributed by atoms with E-state index in [-0.39, 0.29) is 0 Å². The van der Waals surface area contributed by atoms with E-state index in [1.807, 2.05) is 31.3 Å². The van der Waals surface area contributed by atoms with Crippen LogP contribution in [0.5, 0.6) is 0 Å². The minimum atomic E-state index is 0.443. The summed E-state index contributed by atoms with van der Waals surface area (Å²) in [6.45, 7) is 0. The van der Waals surface area contributed by atoms with Crippen molar-refractivity contribution in [3.63, 3.8) is 0 Å². The molecule has 1 saturated carbocycles. The van der Waals surface area contributed by atoms with Crippen LogP contribution in [0.1, 0.15) is 32.1 Å². The molecule has 4 rings (SSSR count). The molecule has 0 radical (unpaired) electrons. The van der Waals surface area contributed by atoms with Crippen LogP contribution in [0.4, 0.5) is 17.5 Å². The second kappa shape index (κ2) is 6.88. The van der Waals surface area contributed by atoms with Crippen LogP contribution in [0, 0.1) is 0 Å². The van der Waals surface area contributed by atoms with Gasteiger partial charge in [0.1, 0.15) is 5.82 Å². The van der Waals surface area contributed by atoms with Gasteiger partial charge < -0.3 is 10.6 Å². The van der Waals surface area contributed by atoms with Crippen molar-refractivity contribution in [1.29, 1.82) is 0 Å². The molecular weight excluding hydrogens is 336 g/mol. The van der Waals surface area contributed by atoms with Gasteiger partial charge in [-0.25, -0.2) is 0 Å². The maximum atomic E-state index is 6.09. The highest BCUT2D eigenvalue weighted by Crippen LogP contribution is 2.27. The molecule has 3 aromatic rings. The normalized spacial score (nSPS) is 15.4. The summed E-state index contributed by atoms with van der Waals surface area (Å²) >= 11 is 6.09. The van der Waals surface area contributed by atoms with Crippen molar-refractivity contribution in [3.8, 4) is 0 Å². The van der Waals surface area contributed by atoms with Gasteiger partial charge in [0.2, 0.25) is 5.95 Å². The first kappa shape index (κ1) is 16.1. The van der Waals surface area contributed by atoms with Crippen molar-refractivity contribution in [2.45, 2.75) is 38.1 Å². The summed E-state index contributed by atoms with van der Waals surface area (Å²) < 4.78 is 1.77. The molecular formula is C18H21ClN6. The topological polar surface area (TPSA) is 67.7 Å². The standard InChI is InChI=1S/C18H21ClN6/c1-25-17-15(11-20-25)16(21-14-9-5-6-12(19)10-14)23-18(24-17)22-13-7-3-2-4-8-13/h5-6,9-11,13H,2-4,7-8H2,1H3,(H2,21,22,23,24).